The van der Waals surface area contributed by atoms with Crippen LogP contribution in [0.1, 0.15) is 0 Å². The minimum atomic E-state index is -1.32. The number of fused-ring (bicyclic) bond motifs is 3. The monoisotopic (exact) mass is 392 g/mol. The van der Waals surface area contributed by atoms with Crippen LogP contribution in [0.4, 0.5) is 0 Å². The predicted molar refractivity (Wildman–Crippen MR) is 127 cm³/mol. The van der Waals surface area contributed by atoms with Crippen molar-refractivity contribution < 1.29 is 0 Å². The summed E-state index contributed by atoms with van der Waals surface area (Å²) in [5, 5.41) is 3.91. The maximum absolute atomic E-state index is 4.77. The van der Waals surface area contributed by atoms with Gasteiger partial charge in [0.1, 0.15) is 0 Å². The second-order valence-electron chi connectivity index (χ2n) is 8.60. The van der Waals surface area contributed by atoms with E-state index in [-0.39, 0.29) is 0 Å². The first-order chi connectivity index (χ1) is 14.0. The molecule has 0 N–H and O–H groups in total. The van der Waals surface area contributed by atoms with E-state index in [4.69, 9.17) is 4.98 Å². The molecular weight excluding hydrogens is 368 g/mol. The van der Waals surface area contributed by atoms with Crippen LogP contribution in [0.3, 0.4) is 0 Å². The summed E-state index contributed by atoms with van der Waals surface area (Å²) in [6, 6.07) is 30.4. The highest BCUT2D eigenvalue weighted by Gasteiger charge is 2.17. The number of hydrogen-bond donors (Lipinski definition) is 0. The molecule has 3 heteroatoms. The summed E-state index contributed by atoms with van der Waals surface area (Å²) < 4.78 is 2.37. The fraction of sp³-hybridized carbons (Fsp3) is 0.115. The molecule has 0 atom stereocenters. The van der Waals surface area contributed by atoms with E-state index >= 15 is 0 Å². The molecule has 2 nitrogen and oxygen atoms in total. The molecule has 142 valence electrons. The van der Waals surface area contributed by atoms with Gasteiger partial charge in [0.05, 0.1) is 24.8 Å². The van der Waals surface area contributed by atoms with Gasteiger partial charge in [0, 0.05) is 28.2 Å². The smallest absolute Gasteiger partial charge is 0.0775 e. The van der Waals surface area contributed by atoms with E-state index in [0.717, 1.165) is 11.3 Å². The average Bonchev–Trinajstić information content (AvgIpc) is 3.07. The zero-order valence-electron chi connectivity index (χ0n) is 17.1. The summed E-state index contributed by atoms with van der Waals surface area (Å²) in [4.78, 5) is 4.77. The third kappa shape index (κ3) is 3.08. The SMILES string of the molecule is C[Si](C)(C)c1ccc(-n2c3ccccc3c3cnc(-c4ccccc4)cc32)cc1. The normalized spacial score (nSPS) is 12.0. The number of pyridine rings is 1. The molecule has 0 fully saturated rings. The van der Waals surface area contributed by atoms with Crippen molar-refractivity contribution in [2.24, 2.45) is 0 Å². The molecule has 0 spiro atoms. The fourth-order valence-corrected chi connectivity index (χ4v) is 5.19. The van der Waals surface area contributed by atoms with Gasteiger partial charge in [-0.3, -0.25) is 4.98 Å². The summed E-state index contributed by atoms with van der Waals surface area (Å²) in [5.74, 6) is 0. The topological polar surface area (TPSA) is 17.8 Å². The molecule has 0 aliphatic carbocycles. The van der Waals surface area contributed by atoms with Crippen LogP contribution >= 0.6 is 0 Å². The van der Waals surface area contributed by atoms with Gasteiger partial charge < -0.3 is 4.57 Å². The van der Waals surface area contributed by atoms with E-state index in [1.807, 2.05) is 12.3 Å². The van der Waals surface area contributed by atoms with Crippen molar-refractivity contribution in [3.8, 4) is 16.9 Å². The van der Waals surface area contributed by atoms with Crippen molar-refractivity contribution in [3.63, 3.8) is 0 Å². The fourth-order valence-electron chi connectivity index (χ4n) is 4.02. The van der Waals surface area contributed by atoms with E-state index in [1.54, 1.807) is 0 Å². The standard InChI is InChI=1S/C26H24N2Si/c1-29(2,3)21-15-13-20(14-16-21)28-25-12-8-7-11-22(25)23-18-27-24(17-26(23)28)19-9-5-4-6-10-19/h4-18H,1-3H3. The molecule has 29 heavy (non-hydrogen) atoms. The summed E-state index contributed by atoms with van der Waals surface area (Å²) in [6.07, 6.45) is 2.02. The minimum Gasteiger partial charge on any atom is -0.309 e. The Kier molecular flexibility index (Phi) is 4.14. The number of rotatable bonds is 3. The molecular formula is C26H24N2Si. The lowest BCUT2D eigenvalue weighted by molar-refractivity contribution is 1.18. The first-order valence-corrected chi connectivity index (χ1v) is 13.6. The van der Waals surface area contributed by atoms with Gasteiger partial charge >= 0.3 is 0 Å². The Morgan fingerprint density at radius 1 is 0.690 bits per heavy atom. The van der Waals surface area contributed by atoms with Crippen molar-refractivity contribution >= 4 is 35.1 Å². The predicted octanol–water partition coefficient (Wildman–Crippen LogP) is 6.39. The van der Waals surface area contributed by atoms with Crippen LogP contribution in [0.5, 0.6) is 0 Å². The molecule has 0 aliphatic heterocycles. The van der Waals surface area contributed by atoms with Crippen molar-refractivity contribution in [2.45, 2.75) is 19.6 Å². The number of nitrogens with zero attached hydrogens (tertiary/aromatic N) is 2. The third-order valence-corrected chi connectivity index (χ3v) is 7.68. The molecule has 5 aromatic rings. The Bertz CT molecular complexity index is 1310. The molecule has 0 aliphatic rings. The number of benzene rings is 3. The van der Waals surface area contributed by atoms with Crippen LogP contribution in [0.15, 0.2) is 91.1 Å². The van der Waals surface area contributed by atoms with Gasteiger partial charge in [-0.25, -0.2) is 0 Å². The molecule has 5 rings (SSSR count). The Labute approximate surface area is 172 Å². The Hall–Kier alpha value is -3.17. The molecule has 3 aromatic carbocycles. The highest BCUT2D eigenvalue weighted by Crippen LogP contribution is 2.33. The second kappa shape index (κ2) is 6.71. The van der Waals surface area contributed by atoms with Crippen molar-refractivity contribution in [1.82, 2.24) is 9.55 Å². The van der Waals surface area contributed by atoms with Gasteiger partial charge in [-0.2, -0.15) is 0 Å². The van der Waals surface area contributed by atoms with Crippen molar-refractivity contribution in [3.05, 3.63) is 91.1 Å². The van der Waals surface area contributed by atoms with Crippen LogP contribution in [-0.2, 0) is 0 Å². The molecule has 0 radical (unpaired) electrons. The lowest BCUT2D eigenvalue weighted by Crippen LogP contribution is -2.37. The van der Waals surface area contributed by atoms with Gasteiger partial charge in [-0.15, -0.1) is 0 Å². The largest absolute Gasteiger partial charge is 0.309 e. The molecule has 0 unspecified atom stereocenters. The average molecular weight is 393 g/mol. The van der Waals surface area contributed by atoms with E-state index in [2.05, 4.69) is 103 Å². The molecule has 0 saturated heterocycles. The second-order valence-corrected chi connectivity index (χ2v) is 13.7. The van der Waals surface area contributed by atoms with Gasteiger partial charge in [0.15, 0.2) is 0 Å². The summed E-state index contributed by atoms with van der Waals surface area (Å²) in [6.45, 7) is 7.17. The highest BCUT2D eigenvalue weighted by molar-refractivity contribution is 6.88. The summed E-state index contributed by atoms with van der Waals surface area (Å²) >= 11 is 0. The Balaban J connectivity index is 1.78. The van der Waals surface area contributed by atoms with Gasteiger partial charge in [-0.05, 0) is 24.3 Å². The number of aromatic nitrogens is 2. The van der Waals surface area contributed by atoms with E-state index in [0.29, 0.717) is 0 Å². The van der Waals surface area contributed by atoms with Crippen molar-refractivity contribution in [1.29, 1.82) is 0 Å². The Morgan fingerprint density at radius 2 is 1.38 bits per heavy atom. The highest BCUT2D eigenvalue weighted by atomic mass is 28.3. The van der Waals surface area contributed by atoms with E-state index in [9.17, 15) is 0 Å². The van der Waals surface area contributed by atoms with E-state index < -0.39 is 8.07 Å². The summed E-state index contributed by atoms with van der Waals surface area (Å²) in [5.41, 5.74) is 5.75. The third-order valence-electron chi connectivity index (χ3n) is 5.62. The van der Waals surface area contributed by atoms with Crippen LogP contribution < -0.4 is 5.19 Å². The Morgan fingerprint density at radius 3 is 2.10 bits per heavy atom. The molecule has 0 saturated carbocycles. The van der Waals surface area contributed by atoms with Crippen molar-refractivity contribution in [2.75, 3.05) is 0 Å². The maximum Gasteiger partial charge on any atom is 0.0775 e. The minimum absolute atomic E-state index is 1.00. The van der Waals surface area contributed by atoms with Crippen LogP contribution in [0, 0.1) is 0 Å². The zero-order chi connectivity index (χ0) is 20.0. The number of hydrogen-bond acceptors (Lipinski definition) is 1. The van der Waals surface area contributed by atoms with Gasteiger partial charge in [0.2, 0.25) is 0 Å². The lowest BCUT2D eigenvalue weighted by Gasteiger charge is -2.17. The van der Waals surface area contributed by atoms with Gasteiger partial charge in [0.25, 0.3) is 0 Å². The first kappa shape index (κ1) is 17.9. The quantitative estimate of drug-likeness (QED) is 0.325. The lowest BCUT2D eigenvalue weighted by atomic mass is 10.1. The molecule has 2 aromatic heterocycles. The zero-order valence-corrected chi connectivity index (χ0v) is 18.1. The van der Waals surface area contributed by atoms with Crippen LogP contribution in [-0.4, -0.2) is 17.6 Å². The van der Waals surface area contributed by atoms with E-state index in [1.165, 1.54) is 32.7 Å². The summed E-state index contributed by atoms with van der Waals surface area (Å²) in [7, 11) is -1.32. The first-order valence-electron chi connectivity index (χ1n) is 10.1. The number of para-hydroxylation sites is 1. The van der Waals surface area contributed by atoms with Gasteiger partial charge in [-0.1, -0.05) is 85.5 Å². The molecule has 2 heterocycles. The van der Waals surface area contributed by atoms with Crippen LogP contribution in [0.25, 0.3) is 38.8 Å². The maximum atomic E-state index is 4.77. The molecule has 0 bridgehead atoms. The molecule has 0 amide bonds. The van der Waals surface area contributed by atoms with Crippen LogP contribution in [0.2, 0.25) is 19.6 Å².